The van der Waals surface area contributed by atoms with E-state index in [4.69, 9.17) is 4.74 Å². The molecule has 0 aliphatic carbocycles. The molecule has 3 fully saturated rings. The highest BCUT2D eigenvalue weighted by molar-refractivity contribution is 5.94. The first-order valence-corrected chi connectivity index (χ1v) is 10.7. The van der Waals surface area contributed by atoms with Gasteiger partial charge in [-0.05, 0) is 44.4 Å². The van der Waals surface area contributed by atoms with E-state index in [1.165, 1.54) is 0 Å². The lowest BCUT2D eigenvalue weighted by atomic mass is 9.92. The third kappa shape index (κ3) is 4.39. The molecule has 1 atom stereocenters. The van der Waals surface area contributed by atoms with Gasteiger partial charge in [-0.1, -0.05) is 18.2 Å². The molecule has 0 aromatic heterocycles. The molecule has 0 bridgehead atoms. The van der Waals surface area contributed by atoms with Gasteiger partial charge in [0.2, 0.25) is 5.91 Å². The maximum Gasteiger partial charge on any atom is 0.253 e. The monoisotopic (exact) mass is 385 g/mol. The van der Waals surface area contributed by atoms with Gasteiger partial charge in [-0.25, -0.2) is 0 Å². The molecule has 0 spiro atoms. The molecule has 6 nitrogen and oxygen atoms in total. The minimum Gasteiger partial charge on any atom is -0.378 e. The number of piperidine rings is 2. The third-order valence-corrected chi connectivity index (χ3v) is 6.41. The fourth-order valence-electron chi connectivity index (χ4n) is 4.78. The highest BCUT2D eigenvalue weighted by Gasteiger charge is 2.34. The Balaban J connectivity index is 1.29. The van der Waals surface area contributed by atoms with E-state index in [9.17, 15) is 9.59 Å². The molecular weight excluding hydrogens is 354 g/mol. The predicted molar refractivity (Wildman–Crippen MR) is 107 cm³/mol. The van der Waals surface area contributed by atoms with Crippen LogP contribution in [0.4, 0.5) is 0 Å². The van der Waals surface area contributed by atoms with E-state index >= 15 is 0 Å². The minimum atomic E-state index is 0.121. The summed E-state index contributed by atoms with van der Waals surface area (Å²) in [6.45, 7) is 6.34. The Kier molecular flexibility index (Phi) is 6.27. The quantitative estimate of drug-likeness (QED) is 0.797. The van der Waals surface area contributed by atoms with Crippen LogP contribution in [0.3, 0.4) is 0 Å². The van der Waals surface area contributed by atoms with Crippen LogP contribution in [0.5, 0.6) is 0 Å². The Bertz CT molecular complexity index is 667. The van der Waals surface area contributed by atoms with Crippen LogP contribution in [-0.4, -0.2) is 85.0 Å². The minimum absolute atomic E-state index is 0.121. The van der Waals surface area contributed by atoms with Gasteiger partial charge >= 0.3 is 0 Å². The van der Waals surface area contributed by atoms with E-state index in [1.807, 2.05) is 40.1 Å². The molecule has 1 aromatic carbocycles. The van der Waals surface area contributed by atoms with Crippen LogP contribution in [0.15, 0.2) is 30.3 Å². The Morgan fingerprint density at radius 1 is 0.857 bits per heavy atom. The van der Waals surface area contributed by atoms with Crippen molar-refractivity contribution in [3.63, 3.8) is 0 Å². The normalized spacial score (nSPS) is 24.9. The summed E-state index contributed by atoms with van der Waals surface area (Å²) >= 11 is 0. The molecule has 0 radical (unpaired) electrons. The first kappa shape index (κ1) is 19.4. The number of benzene rings is 1. The molecule has 0 unspecified atom stereocenters. The van der Waals surface area contributed by atoms with Gasteiger partial charge in [-0.3, -0.25) is 14.5 Å². The zero-order valence-electron chi connectivity index (χ0n) is 16.6. The van der Waals surface area contributed by atoms with E-state index < -0.39 is 0 Å². The van der Waals surface area contributed by atoms with Gasteiger partial charge in [0.05, 0.1) is 19.1 Å². The average Bonchev–Trinajstić information content (AvgIpc) is 2.79. The molecule has 3 saturated heterocycles. The number of nitrogens with zero attached hydrogens (tertiary/aromatic N) is 3. The van der Waals surface area contributed by atoms with E-state index in [2.05, 4.69) is 4.90 Å². The summed E-state index contributed by atoms with van der Waals surface area (Å²) in [4.78, 5) is 32.0. The van der Waals surface area contributed by atoms with Crippen molar-refractivity contribution in [2.24, 2.45) is 5.92 Å². The van der Waals surface area contributed by atoms with Gasteiger partial charge in [-0.15, -0.1) is 0 Å². The zero-order chi connectivity index (χ0) is 19.3. The van der Waals surface area contributed by atoms with Crippen LogP contribution in [-0.2, 0) is 9.53 Å². The van der Waals surface area contributed by atoms with Crippen molar-refractivity contribution >= 4 is 11.8 Å². The van der Waals surface area contributed by atoms with Gasteiger partial charge in [0.25, 0.3) is 5.91 Å². The topological polar surface area (TPSA) is 53.1 Å². The summed E-state index contributed by atoms with van der Waals surface area (Å²) in [6.07, 6.45) is 4.08. The van der Waals surface area contributed by atoms with Crippen LogP contribution in [0, 0.1) is 5.92 Å². The highest BCUT2D eigenvalue weighted by Crippen LogP contribution is 2.26. The Labute approximate surface area is 167 Å². The summed E-state index contributed by atoms with van der Waals surface area (Å²) in [5.41, 5.74) is 0.773. The lowest BCUT2D eigenvalue weighted by Crippen LogP contribution is -2.53. The first-order chi connectivity index (χ1) is 13.7. The number of rotatable bonds is 3. The van der Waals surface area contributed by atoms with Gasteiger partial charge in [0.15, 0.2) is 0 Å². The van der Waals surface area contributed by atoms with E-state index in [-0.39, 0.29) is 11.8 Å². The van der Waals surface area contributed by atoms with Crippen LogP contribution in [0.1, 0.15) is 36.0 Å². The number of ether oxygens (including phenoxy) is 1. The molecule has 6 heteroatoms. The second kappa shape index (κ2) is 9.05. The molecule has 0 saturated carbocycles. The molecule has 2 amide bonds. The zero-order valence-corrected chi connectivity index (χ0v) is 16.6. The number of hydrogen-bond acceptors (Lipinski definition) is 4. The van der Waals surface area contributed by atoms with Crippen LogP contribution in [0.2, 0.25) is 0 Å². The van der Waals surface area contributed by atoms with Crippen molar-refractivity contribution in [2.75, 3.05) is 52.5 Å². The number of amides is 2. The highest BCUT2D eigenvalue weighted by atomic mass is 16.5. The third-order valence-electron chi connectivity index (χ3n) is 6.41. The Morgan fingerprint density at radius 2 is 1.57 bits per heavy atom. The molecular formula is C22H31N3O3. The van der Waals surface area contributed by atoms with Crippen molar-refractivity contribution in [2.45, 2.75) is 31.7 Å². The van der Waals surface area contributed by atoms with Crippen molar-refractivity contribution in [1.29, 1.82) is 0 Å². The summed E-state index contributed by atoms with van der Waals surface area (Å²) in [5, 5.41) is 0. The van der Waals surface area contributed by atoms with Crippen molar-refractivity contribution in [1.82, 2.24) is 14.7 Å². The summed E-state index contributed by atoms with van der Waals surface area (Å²) in [7, 11) is 0. The maximum atomic E-state index is 12.9. The first-order valence-electron chi connectivity index (χ1n) is 10.7. The summed E-state index contributed by atoms with van der Waals surface area (Å²) < 4.78 is 5.38. The molecule has 1 aromatic rings. The molecule has 4 rings (SSSR count). The molecule has 3 heterocycles. The number of likely N-dealkylation sites (tertiary alicyclic amines) is 2. The molecule has 152 valence electrons. The molecule has 3 aliphatic heterocycles. The summed E-state index contributed by atoms with van der Waals surface area (Å²) in [5.74, 6) is 0.568. The Hall–Kier alpha value is -1.92. The van der Waals surface area contributed by atoms with E-state index in [0.717, 1.165) is 70.5 Å². The van der Waals surface area contributed by atoms with Gasteiger partial charge in [0, 0.05) is 44.3 Å². The number of hydrogen-bond donors (Lipinski definition) is 0. The number of morpholine rings is 1. The van der Waals surface area contributed by atoms with Gasteiger partial charge in [0.1, 0.15) is 0 Å². The fourth-order valence-corrected chi connectivity index (χ4v) is 4.78. The molecule has 3 aliphatic rings. The second-order valence-corrected chi connectivity index (χ2v) is 8.16. The fraction of sp³-hybridized carbons (Fsp3) is 0.636. The van der Waals surface area contributed by atoms with E-state index in [1.54, 1.807) is 0 Å². The number of carbonyl (C=O) groups is 2. The molecule has 0 N–H and O–H groups in total. The van der Waals surface area contributed by atoms with Crippen molar-refractivity contribution in [3.05, 3.63) is 35.9 Å². The largest absolute Gasteiger partial charge is 0.378 e. The van der Waals surface area contributed by atoms with Gasteiger partial charge in [-0.2, -0.15) is 0 Å². The smallest absolute Gasteiger partial charge is 0.253 e. The standard InChI is InChI=1S/C22H31N3O3/c26-21(18-5-2-1-3-6-18)23-11-8-20(9-12-23)25-10-4-7-19(17-25)22(27)24-13-15-28-16-14-24/h1-3,5-6,19-20H,4,7-17H2/t19-/m0/s1. The lowest BCUT2D eigenvalue weighted by Gasteiger charge is -2.43. The van der Waals surface area contributed by atoms with Crippen LogP contribution < -0.4 is 0 Å². The number of carbonyl (C=O) groups excluding carboxylic acids is 2. The average molecular weight is 386 g/mol. The van der Waals surface area contributed by atoms with Crippen LogP contribution in [0.25, 0.3) is 0 Å². The van der Waals surface area contributed by atoms with Crippen molar-refractivity contribution < 1.29 is 14.3 Å². The maximum absolute atomic E-state index is 12.9. The Morgan fingerprint density at radius 3 is 2.29 bits per heavy atom. The van der Waals surface area contributed by atoms with Crippen LogP contribution >= 0.6 is 0 Å². The predicted octanol–water partition coefficient (Wildman–Crippen LogP) is 1.86. The SMILES string of the molecule is O=C(c1ccccc1)N1CCC(N2CCC[C@H](C(=O)N3CCOCC3)C2)CC1. The van der Waals surface area contributed by atoms with Crippen molar-refractivity contribution in [3.8, 4) is 0 Å². The second-order valence-electron chi connectivity index (χ2n) is 8.16. The van der Waals surface area contributed by atoms with Gasteiger partial charge < -0.3 is 14.5 Å². The molecule has 28 heavy (non-hydrogen) atoms. The summed E-state index contributed by atoms with van der Waals surface area (Å²) in [6, 6.07) is 10.0. The lowest BCUT2D eigenvalue weighted by molar-refractivity contribution is -0.141. The van der Waals surface area contributed by atoms with E-state index in [0.29, 0.717) is 25.2 Å².